The monoisotopic (exact) mass is 271 g/mol. The van der Waals surface area contributed by atoms with Gasteiger partial charge in [0, 0.05) is 11.6 Å². The zero-order valence-electron chi connectivity index (χ0n) is 12.9. The Kier molecular flexibility index (Phi) is 5.85. The van der Waals surface area contributed by atoms with E-state index in [2.05, 4.69) is 55.2 Å². The zero-order chi connectivity index (χ0) is 14.3. The molecule has 1 saturated carbocycles. The molecular weight excluding hydrogens is 242 g/mol. The first kappa shape index (κ1) is 15.3. The summed E-state index contributed by atoms with van der Waals surface area (Å²) in [4.78, 5) is 0. The van der Waals surface area contributed by atoms with E-state index in [-0.39, 0.29) is 5.54 Å². The first-order valence-corrected chi connectivity index (χ1v) is 8.19. The van der Waals surface area contributed by atoms with Gasteiger partial charge in [0.2, 0.25) is 0 Å². The standard InChI is InChI=1S/C19H29N/c1-3-14-19(15-10-5-4-6-11-16-19)20-17(2)18-12-8-7-9-13-18/h3,7-9,12-13,17,20H,1,4-6,10-11,14-16H2,2H3. The molecule has 2 rings (SSSR count). The molecule has 1 aliphatic rings. The third-order valence-electron chi connectivity index (χ3n) is 4.67. The van der Waals surface area contributed by atoms with E-state index in [0.717, 1.165) is 6.42 Å². The molecule has 0 saturated heterocycles. The molecule has 1 aromatic rings. The van der Waals surface area contributed by atoms with E-state index in [1.54, 1.807) is 0 Å². The minimum absolute atomic E-state index is 0.261. The Morgan fingerprint density at radius 1 is 1.10 bits per heavy atom. The summed E-state index contributed by atoms with van der Waals surface area (Å²) in [6.07, 6.45) is 12.7. The van der Waals surface area contributed by atoms with E-state index in [1.807, 2.05) is 0 Å². The molecule has 0 aliphatic heterocycles. The van der Waals surface area contributed by atoms with Gasteiger partial charge in [0.1, 0.15) is 0 Å². The molecule has 110 valence electrons. The Morgan fingerprint density at radius 2 is 1.70 bits per heavy atom. The third kappa shape index (κ3) is 4.21. The molecule has 1 atom stereocenters. The number of rotatable bonds is 5. The first-order valence-electron chi connectivity index (χ1n) is 8.19. The van der Waals surface area contributed by atoms with Gasteiger partial charge in [0.05, 0.1) is 0 Å². The molecule has 1 nitrogen and oxygen atoms in total. The minimum atomic E-state index is 0.261. The van der Waals surface area contributed by atoms with Crippen LogP contribution in [0.4, 0.5) is 0 Å². The van der Waals surface area contributed by atoms with Crippen LogP contribution in [0.15, 0.2) is 43.0 Å². The lowest BCUT2D eigenvalue weighted by molar-refractivity contribution is 0.230. The van der Waals surface area contributed by atoms with E-state index in [4.69, 9.17) is 0 Å². The van der Waals surface area contributed by atoms with E-state index in [1.165, 1.54) is 50.5 Å². The van der Waals surface area contributed by atoms with Crippen molar-refractivity contribution in [2.24, 2.45) is 0 Å². The van der Waals surface area contributed by atoms with E-state index < -0.39 is 0 Å². The largest absolute Gasteiger partial charge is 0.304 e. The Morgan fingerprint density at radius 3 is 2.30 bits per heavy atom. The van der Waals surface area contributed by atoms with Gasteiger partial charge in [-0.05, 0) is 31.7 Å². The first-order chi connectivity index (χ1) is 9.76. The van der Waals surface area contributed by atoms with Gasteiger partial charge in [0.15, 0.2) is 0 Å². The van der Waals surface area contributed by atoms with Crippen molar-refractivity contribution in [2.45, 2.75) is 69.9 Å². The summed E-state index contributed by atoms with van der Waals surface area (Å²) in [5.41, 5.74) is 1.65. The molecule has 1 N–H and O–H groups in total. The summed E-state index contributed by atoms with van der Waals surface area (Å²) in [6, 6.07) is 11.2. The van der Waals surface area contributed by atoms with Crippen molar-refractivity contribution in [1.29, 1.82) is 0 Å². The Bertz CT molecular complexity index is 387. The summed E-state index contributed by atoms with van der Waals surface area (Å²) in [5.74, 6) is 0. The van der Waals surface area contributed by atoms with Crippen LogP contribution >= 0.6 is 0 Å². The van der Waals surface area contributed by atoms with Crippen LogP contribution in [-0.2, 0) is 0 Å². The minimum Gasteiger partial charge on any atom is -0.304 e. The number of hydrogen-bond donors (Lipinski definition) is 1. The number of benzene rings is 1. The summed E-state index contributed by atoms with van der Waals surface area (Å²) in [6.45, 7) is 6.28. The lowest BCUT2D eigenvalue weighted by Gasteiger charge is -2.38. The zero-order valence-corrected chi connectivity index (χ0v) is 12.9. The lowest BCUT2D eigenvalue weighted by Crippen LogP contribution is -2.46. The van der Waals surface area contributed by atoms with Gasteiger partial charge in [-0.2, -0.15) is 0 Å². The molecule has 0 radical (unpaired) electrons. The molecule has 0 bridgehead atoms. The summed E-state index contributed by atoms with van der Waals surface area (Å²) >= 11 is 0. The fourth-order valence-electron chi connectivity index (χ4n) is 3.55. The van der Waals surface area contributed by atoms with Gasteiger partial charge in [-0.25, -0.2) is 0 Å². The van der Waals surface area contributed by atoms with Crippen LogP contribution in [0.1, 0.15) is 69.9 Å². The van der Waals surface area contributed by atoms with Gasteiger partial charge in [-0.15, -0.1) is 6.58 Å². The Hall–Kier alpha value is -1.08. The van der Waals surface area contributed by atoms with Crippen molar-refractivity contribution in [2.75, 3.05) is 0 Å². The fourth-order valence-corrected chi connectivity index (χ4v) is 3.55. The average Bonchev–Trinajstić information content (AvgIpc) is 2.44. The van der Waals surface area contributed by atoms with Crippen LogP contribution in [-0.4, -0.2) is 5.54 Å². The molecular formula is C19H29N. The molecule has 0 spiro atoms. The van der Waals surface area contributed by atoms with Crippen molar-refractivity contribution in [3.63, 3.8) is 0 Å². The fraction of sp³-hybridized carbons (Fsp3) is 0.579. The topological polar surface area (TPSA) is 12.0 Å². The van der Waals surface area contributed by atoms with Crippen molar-refractivity contribution in [3.8, 4) is 0 Å². The van der Waals surface area contributed by atoms with Crippen molar-refractivity contribution < 1.29 is 0 Å². The van der Waals surface area contributed by atoms with Crippen LogP contribution in [0.25, 0.3) is 0 Å². The SMILES string of the molecule is C=CCC1(NC(C)c2ccccc2)CCCCCCC1. The molecule has 0 heterocycles. The maximum atomic E-state index is 3.99. The van der Waals surface area contributed by atoms with E-state index in [0.29, 0.717) is 6.04 Å². The molecule has 0 amide bonds. The molecule has 1 unspecified atom stereocenters. The average molecular weight is 271 g/mol. The predicted octanol–water partition coefficient (Wildman–Crippen LogP) is 5.40. The number of hydrogen-bond acceptors (Lipinski definition) is 1. The van der Waals surface area contributed by atoms with Crippen molar-refractivity contribution in [3.05, 3.63) is 48.6 Å². The molecule has 0 aromatic heterocycles. The maximum absolute atomic E-state index is 3.99. The van der Waals surface area contributed by atoms with Crippen LogP contribution in [0.5, 0.6) is 0 Å². The van der Waals surface area contributed by atoms with Crippen LogP contribution in [0.3, 0.4) is 0 Å². The highest BCUT2D eigenvalue weighted by Gasteiger charge is 2.30. The second-order valence-corrected chi connectivity index (χ2v) is 6.32. The van der Waals surface area contributed by atoms with Gasteiger partial charge in [-0.3, -0.25) is 0 Å². The van der Waals surface area contributed by atoms with Gasteiger partial charge in [-0.1, -0.05) is 68.5 Å². The summed E-state index contributed by atoms with van der Waals surface area (Å²) < 4.78 is 0. The maximum Gasteiger partial charge on any atom is 0.0297 e. The molecule has 1 aromatic carbocycles. The number of nitrogens with one attached hydrogen (secondary N) is 1. The van der Waals surface area contributed by atoms with Gasteiger partial charge >= 0.3 is 0 Å². The lowest BCUT2D eigenvalue weighted by atomic mass is 9.80. The van der Waals surface area contributed by atoms with Crippen molar-refractivity contribution >= 4 is 0 Å². The van der Waals surface area contributed by atoms with Crippen LogP contribution in [0.2, 0.25) is 0 Å². The van der Waals surface area contributed by atoms with Gasteiger partial charge < -0.3 is 5.32 Å². The van der Waals surface area contributed by atoms with Crippen LogP contribution < -0.4 is 5.32 Å². The summed E-state index contributed by atoms with van der Waals surface area (Å²) in [7, 11) is 0. The predicted molar refractivity (Wildman–Crippen MR) is 87.9 cm³/mol. The normalized spacial score (nSPS) is 20.6. The highest BCUT2D eigenvalue weighted by atomic mass is 15.0. The molecule has 1 aliphatic carbocycles. The molecule has 20 heavy (non-hydrogen) atoms. The van der Waals surface area contributed by atoms with Crippen molar-refractivity contribution in [1.82, 2.24) is 5.32 Å². The van der Waals surface area contributed by atoms with Gasteiger partial charge in [0.25, 0.3) is 0 Å². The Balaban J connectivity index is 2.08. The third-order valence-corrected chi connectivity index (χ3v) is 4.67. The second kappa shape index (κ2) is 7.64. The molecule has 1 fully saturated rings. The Labute approximate surface area is 124 Å². The molecule has 1 heteroatoms. The van der Waals surface area contributed by atoms with Crippen LogP contribution in [0, 0.1) is 0 Å². The smallest absolute Gasteiger partial charge is 0.0297 e. The second-order valence-electron chi connectivity index (χ2n) is 6.32. The van der Waals surface area contributed by atoms with E-state index >= 15 is 0 Å². The highest BCUT2D eigenvalue weighted by molar-refractivity contribution is 5.19. The quantitative estimate of drug-likeness (QED) is 0.707. The summed E-state index contributed by atoms with van der Waals surface area (Å²) in [5, 5.41) is 3.95. The highest BCUT2D eigenvalue weighted by Crippen LogP contribution is 2.32. The van der Waals surface area contributed by atoms with E-state index in [9.17, 15) is 0 Å².